The Morgan fingerprint density at radius 2 is 2.22 bits per heavy atom. The second kappa shape index (κ2) is 6.20. The van der Waals surface area contributed by atoms with Gasteiger partial charge >= 0.3 is 5.97 Å². The van der Waals surface area contributed by atoms with Crippen molar-refractivity contribution < 1.29 is 14.6 Å². The maximum atomic E-state index is 11.0. The number of carboxylic acid groups (broad SMARTS) is 1. The molecule has 0 saturated carbocycles. The number of nitrogens with two attached hydrogens (primary N) is 1. The summed E-state index contributed by atoms with van der Waals surface area (Å²) in [4.78, 5) is 12.6. The van der Waals surface area contributed by atoms with Crippen molar-refractivity contribution in [2.45, 2.75) is 13.3 Å². The molecule has 3 N–H and O–H groups in total. The zero-order chi connectivity index (χ0) is 13.7. The van der Waals surface area contributed by atoms with Crippen molar-refractivity contribution in [3.63, 3.8) is 0 Å². The minimum atomic E-state index is -1.00. The number of ether oxygens (including phenoxy) is 1. The fourth-order valence-corrected chi connectivity index (χ4v) is 1.80. The number of aromatic carboxylic acids is 1. The van der Waals surface area contributed by atoms with Gasteiger partial charge < -0.3 is 20.5 Å². The van der Waals surface area contributed by atoms with Crippen LogP contribution in [-0.2, 0) is 0 Å². The van der Waals surface area contributed by atoms with Crippen LogP contribution in [0.4, 0.5) is 5.69 Å². The van der Waals surface area contributed by atoms with Crippen molar-refractivity contribution >= 4 is 29.0 Å². The van der Waals surface area contributed by atoms with E-state index in [2.05, 4.69) is 0 Å². The Morgan fingerprint density at radius 1 is 1.56 bits per heavy atom. The third-order valence-corrected chi connectivity index (χ3v) is 2.65. The molecule has 5 nitrogen and oxygen atoms in total. The van der Waals surface area contributed by atoms with Crippen LogP contribution in [0.3, 0.4) is 0 Å². The maximum Gasteiger partial charge on any atom is 0.335 e. The van der Waals surface area contributed by atoms with Crippen LogP contribution in [0.25, 0.3) is 0 Å². The summed E-state index contributed by atoms with van der Waals surface area (Å²) in [6, 6.07) is 4.59. The Hall–Kier alpha value is -1.82. The van der Waals surface area contributed by atoms with E-state index in [1.807, 2.05) is 6.92 Å². The molecule has 18 heavy (non-hydrogen) atoms. The Labute approximate surface area is 111 Å². The maximum absolute atomic E-state index is 11.0. The summed E-state index contributed by atoms with van der Waals surface area (Å²) in [5, 5.41) is 9.19. The van der Waals surface area contributed by atoms with Crippen LogP contribution in [0, 0.1) is 0 Å². The van der Waals surface area contributed by atoms with Gasteiger partial charge in [0.25, 0.3) is 0 Å². The zero-order valence-corrected chi connectivity index (χ0v) is 11.2. The second-order valence-electron chi connectivity index (χ2n) is 3.68. The van der Waals surface area contributed by atoms with Gasteiger partial charge in [-0.1, -0.05) is 6.92 Å². The van der Waals surface area contributed by atoms with Gasteiger partial charge in [-0.05, 0) is 36.8 Å². The SMILES string of the molecule is CCCN(C(N)=S)c1cc(C(=O)O)ccc1OC. The number of hydrogen-bond donors (Lipinski definition) is 2. The van der Waals surface area contributed by atoms with Gasteiger partial charge in [0, 0.05) is 6.54 Å². The molecule has 0 bridgehead atoms. The van der Waals surface area contributed by atoms with Crippen LogP contribution in [0.15, 0.2) is 18.2 Å². The Bertz CT molecular complexity index is 463. The first kappa shape index (κ1) is 14.2. The number of thiocarbonyl (C=S) groups is 1. The summed E-state index contributed by atoms with van der Waals surface area (Å²) in [5.74, 6) is -0.459. The minimum absolute atomic E-state index is 0.170. The first-order valence-corrected chi connectivity index (χ1v) is 5.90. The fourth-order valence-electron chi connectivity index (χ4n) is 1.61. The Morgan fingerprint density at radius 3 is 2.67 bits per heavy atom. The van der Waals surface area contributed by atoms with Crippen molar-refractivity contribution in [3.8, 4) is 5.75 Å². The lowest BCUT2D eigenvalue weighted by atomic mass is 10.1. The van der Waals surface area contributed by atoms with E-state index in [9.17, 15) is 4.79 Å². The molecule has 98 valence electrons. The van der Waals surface area contributed by atoms with Gasteiger partial charge in [0.1, 0.15) is 5.75 Å². The molecule has 0 radical (unpaired) electrons. The van der Waals surface area contributed by atoms with Crippen LogP contribution in [0.2, 0.25) is 0 Å². The highest BCUT2D eigenvalue weighted by molar-refractivity contribution is 7.80. The summed E-state index contributed by atoms with van der Waals surface area (Å²) in [5.41, 5.74) is 6.40. The highest BCUT2D eigenvalue weighted by Crippen LogP contribution is 2.29. The predicted octanol–water partition coefficient (Wildman–Crippen LogP) is 1.85. The molecule has 0 fully saturated rings. The number of hydrogen-bond acceptors (Lipinski definition) is 3. The molecule has 0 aliphatic rings. The van der Waals surface area contributed by atoms with E-state index >= 15 is 0 Å². The summed E-state index contributed by atoms with van der Waals surface area (Å²) in [7, 11) is 1.52. The minimum Gasteiger partial charge on any atom is -0.495 e. The predicted molar refractivity (Wildman–Crippen MR) is 74.4 cm³/mol. The van der Waals surface area contributed by atoms with Gasteiger partial charge in [0.15, 0.2) is 5.11 Å². The van der Waals surface area contributed by atoms with Crippen LogP contribution >= 0.6 is 12.2 Å². The van der Waals surface area contributed by atoms with Gasteiger partial charge in [-0.3, -0.25) is 0 Å². The fraction of sp³-hybridized carbons (Fsp3) is 0.333. The van der Waals surface area contributed by atoms with E-state index < -0.39 is 5.97 Å². The van der Waals surface area contributed by atoms with E-state index in [1.165, 1.54) is 19.2 Å². The molecule has 0 amide bonds. The average molecular weight is 268 g/mol. The third-order valence-electron chi connectivity index (χ3n) is 2.43. The van der Waals surface area contributed by atoms with Crippen LogP contribution in [-0.4, -0.2) is 29.8 Å². The van der Waals surface area contributed by atoms with Crippen molar-refractivity contribution in [2.75, 3.05) is 18.6 Å². The molecule has 1 aromatic rings. The topological polar surface area (TPSA) is 75.8 Å². The third kappa shape index (κ3) is 3.10. The number of methoxy groups -OCH3 is 1. The quantitative estimate of drug-likeness (QED) is 0.794. The van der Waals surface area contributed by atoms with Crippen LogP contribution in [0.5, 0.6) is 5.75 Å². The average Bonchev–Trinajstić information content (AvgIpc) is 2.34. The molecule has 6 heteroatoms. The Balaban J connectivity index is 3.28. The number of carbonyl (C=O) groups is 1. The van der Waals surface area contributed by atoms with Crippen LogP contribution < -0.4 is 15.4 Å². The van der Waals surface area contributed by atoms with Crippen molar-refractivity contribution in [1.82, 2.24) is 0 Å². The van der Waals surface area contributed by atoms with E-state index in [0.29, 0.717) is 18.0 Å². The molecule has 0 heterocycles. The van der Waals surface area contributed by atoms with Gasteiger partial charge in [-0.25, -0.2) is 4.79 Å². The lowest BCUT2D eigenvalue weighted by molar-refractivity contribution is 0.0697. The largest absolute Gasteiger partial charge is 0.495 e. The number of anilines is 1. The zero-order valence-electron chi connectivity index (χ0n) is 10.3. The molecule has 0 aromatic heterocycles. The standard InChI is InChI=1S/C12H16N2O3S/c1-3-6-14(12(13)18)9-7-8(11(15)16)4-5-10(9)17-2/h4-5,7H,3,6H2,1-2H3,(H2,13,18)(H,15,16). The molecule has 0 spiro atoms. The summed E-state index contributed by atoms with van der Waals surface area (Å²) in [6.45, 7) is 2.59. The molecular weight excluding hydrogens is 252 g/mol. The summed E-state index contributed by atoms with van der Waals surface area (Å²) >= 11 is 4.98. The van der Waals surface area contributed by atoms with Gasteiger partial charge in [-0.15, -0.1) is 0 Å². The van der Waals surface area contributed by atoms with Crippen molar-refractivity contribution in [1.29, 1.82) is 0 Å². The smallest absolute Gasteiger partial charge is 0.335 e. The number of rotatable bonds is 5. The monoisotopic (exact) mass is 268 g/mol. The van der Waals surface area contributed by atoms with E-state index in [4.69, 9.17) is 27.8 Å². The van der Waals surface area contributed by atoms with E-state index in [-0.39, 0.29) is 10.7 Å². The molecule has 0 saturated heterocycles. The van der Waals surface area contributed by atoms with Crippen LogP contribution in [0.1, 0.15) is 23.7 Å². The highest BCUT2D eigenvalue weighted by atomic mass is 32.1. The number of benzene rings is 1. The molecular formula is C12H16N2O3S. The molecule has 0 aliphatic carbocycles. The lowest BCUT2D eigenvalue weighted by Crippen LogP contribution is -2.36. The first-order valence-electron chi connectivity index (χ1n) is 5.49. The van der Waals surface area contributed by atoms with Crippen molar-refractivity contribution in [3.05, 3.63) is 23.8 Å². The van der Waals surface area contributed by atoms with Gasteiger partial charge in [0.05, 0.1) is 18.4 Å². The first-order chi connectivity index (χ1) is 8.51. The second-order valence-corrected chi connectivity index (χ2v) is 4.10. The Kier molecular flexibility index (Phi) is 4.91. The van der Waals surface area contributed by atoms with E-state index in [0.717, 1.165) is 6.42 Å². The molecule has 0 unspecified atom stereocenters. The van der Waals surface area contributed by atoms with Gasteiger partial charge in [-0.2, -0.15) is 0 Å². The van der Waals surface area contributed by atoms with Crippen molar-refractivity contribution in [2.24, 2.45) is 5.73 Å². The van der Waals surface area contributed by atoms with E-state index in [1.54, 1.807) is 11.0 Å². The molecule has 0 aliphatic heterocycles. The summed E-state index contributed by atoms with van der Waals surface area (Å²) in [6.07, 6.45) is 0.831. The molecule has 1 aromatic carbocycles. The molecule has 0 atom stereocenters. The summed E-state index contributed by atoms with van der Waals surface area (Å²) < 4.78 is 5.21. The normalized spacial score (nSPS) is 9.89. The molecule has 1 rings (SSSR count). The highest BCUT2D eigenvalue weighted by Gasteiger charge is 2.16. The van der Waals surface area contributed by atoms with Gasteiger partial charge in [0.2, 0.25) is 0 Å². The number of carboxylic acids is 1. The number of nitrogens with zero attached hydrogens (tertiary/aromatic N) is 1. The lowest BCUT2D eigenvalue weighted by Gasteiger charge is -2.24.